The van der Waals surface area contributed by atoms with Crippen LogP contribution in [0.25, 0.3) is 0 Å². The minimum Gasteiger partial charge on any atom is -0.462 e. The molecule has 0 aromatic rings. The Morgan fingerprint density at radius 2 is 0.885 bits per heavy atom. The third kappa shape index (κ3) is 40.5. The fraction of sp³-hybridized carbons (Fsp3) is 0.721. The molecule has 2 N–H and O–H groups in total. The third-order valence-electron chi connectivity index (χ3n) is 8.51. The summed E-state index contributed by atoms with van der Waals surface area (Å²) in [5, 5.41) is 0. The third-order valence-corrected chi connectivity index (χ3v) is 8.99. The van der Waals surface area contributed by atoms with Crippen LogP contribution in [0, 0.1) is 0 Å². The van der Waals surface area contributed by atoms with Gasteiger partial charge in [-0.05, 0) is 77.0 Å². The van der Waals surface area contributed by atoms with Crippen LogP contribution in [0.3, 0.4) is 0 Å². The molecule has 0 saturated carbocycles. The summed E-state index contributed by atoms with van der Waals surface area (Å²) in [6, 6.07) is 0. The highest BCUT2D eigenvalue weighted by Gasteiger charge is 2.22. The van der Waals surface area contributed by atoms with Crippen LogP contribution in [0.5, 0.6) is 0 Å². The van der Waals surface area contributed by atoms with Crippen molar-refractivity contribution in [1.82, 2.24) is 0 Å². The molecule has 0 heterocycles. The molecule has 0 saturated heterocycles. The molecule has 1 atom stereocenters. The van der Waals surface area contributed by atoms with Crippen LogP contribution in [-0.4, -0.2) is 41.0 Å². The van der Waals surface area contributed by atoms with Crippen LogP contribution >= 0.6 is 7.82 Å². The second-order valence-electron chi connectivity index (χ2n) is 13.6. The highest BCUT2D eigenvalue weighted by atomic mass is 31.2. The van der Waals surface area contributed by atoms with Crippen LogP contribution in [0.1, 0.15) is 181 Å². The molecule has 300 valence electrons. The molecule has 0 amide bonds. The zero-order valence-electron chi connectivity index (χ0n) is 32.9. The number of carbonyl (C=O) groups excluding carboxylic acids is 2. The number of ether oxygens (including phenoxy) is 2. The van der Waals surface area contributed by atoms with Crippen molar-refractivity contribution < 1.29 is 37.9 Å². The van der Waals surface area contributed by atoms with Crippen molar-refractivity contribution in [2.24, 2.45) is 0 Å². The van der Waals surface area contributed by atoms with E-state index in [1.165, 1.54) is 96.3 Å². The number of carbonyl (C=O) groups is 2. The van der Waals surface area contributed by atoms with Crippen LogP contribution in [0.4, 0.5) is 0 Å². The van der Waals surface area contributed by atoms with Gasteiger partial charge in [0.25, 0.3) is 0 Å². The van der Waals surface area contributed by atoms with Crippen LogP contribution < -0.4 is 0 Å². The Balaban J connectivity index is 4.03. The molecule has 0 fully saturated rings. The van der Waals surface area contributed by atoms with Crippen molar-refractivity contribution in [3.63, 3.8) is 0 Å². The standard InChI is InChI=1S/C43H75O8P/c1-3-5-7-9-11-13-15-17-19-21-23-25-27-29-31-33-35-37-42(44)49-39-41(40-50-52(46,47)48)51-43(45)38-36-34-32-30-28-26-24-22-20-18-16-14-12-10-8-6-4-2/h12-15,18,20,24,26,30,32,41H,3-11,16-17,19,21-23,25,27-29,31,33-40H2,1-2H3,(H2,46,47,48)/b14-12+,15-13+,20-18+,26-24+,32-30+/t41-/m1/s1. The van der Waals surface area contributed by atoms with Gasteiger partial charge in [0, 0.05) is 12.8 Å². The second-order valence-corrected chi connectivity index (χ2v) is 14.8. The molecule has 0 aliphatic rings. The molecule has 8 nitrogen and oxygen atoms in total. The van der Waals surface area contributed by atoms with E-state index in [0.717, 1.165) is 38.5 Å². The molecule has 0 bridgehead atoms. The van der Waals surface area contributed by atoms with E-state index in [9.17, 15) is 14.2 Å². The number of esters is 2. The minimum absolute atomic E-state index is 0.134. The van der Waals surface area contributed by atoms with E-state index in [1.807, 2.05) is 6.08 Å². The fourth-order valence-electron chi connectivity index (χ4n) is 5.42. The maximum Gasteiger partial charge on any atom is 0.469 e. The summed E-state index contributed by atoms with van der Waals surface area (Å²) in [7, 11) is -4.77. The van der Waals surface area contributed by atoms with Crippen LogP contribution in [-0.2, 0) is 28.2 Å². The Hall–Kier alpha value is -2.25. The molecule has 0 aliphatic heterocycles. The van der Waals surface area contributed by atoms with E-state index in [-0.39, 0.29) is 19.4 Å². The van der Waals surface area contributed by atoms with Crippen LogP contribution in [0.15, 0.2) is 60.8 Å². The predicted molar refractivity (Wildman–Crippen MR) is 216 cm³/mol. The quantitative estimate of drug-likeness (QED) is 0.0279. The van der Waals surface area contributed by atoms with Gasteiger partial charge in [-0.1, -0.05) is 152 Å². The van der Waals surface area contributed by atoms with E-state index in [0.29, 0.717) is 19.3 Å². The van der Waals surface area contributed by atoms with Crippen molar-refractivity contribution in [3.8, 4) is 0 Å². The maximum absolute atomic E-state index is 12.4. The average Bonchev–Trinajstić information content (AvgIpc) is 3.11. The first-order valence-corrected chi connectivity index (χ1v) is 22.1. The van der Waals surface area contributed by atoms with Gasteiger partial charge in [0.1, 0.15) is 6.61 Å². The highest BCUT2D eigenvalue weighted by Crippen LogP contribution is 2.36. The summed E-state index contributed by atoms with van der Waals surface area (Å²) < 4.78 is 26.3. The van der Waals surface area contributed by atoms with Crippen molar-refractivity contribution >= 4 is 19.8 Å². The number of hydrogen-bond acceptors (Lipinski definition) is 6. The maximum atomic E-state index is 12.4. The number of allylic oxidation sites excluding steroid dienone is 10. The van der Waals surface area contributed by atoms with Crippen molar-refractivity contribution in [2.75, 3.05) is 13.2 Å². The molecule has 52 heavy (non-hydrogen) atoms. The SMILES string of the molecule is CCCCC/C=C/C/C=C/C/C=C/C/C=C/CCCC(=O)O[C@H](COC(=O)CCCCCCCCCCC/C=C/CCCCCC)COP(=O)(O)O. The van der Waals surface area contributed by atoms with Gasteiger partial charge in [-0.15, -0.1) is 0 Å². The second kappa shape index (κ2) is 38.5. The van der Waals surface area contributed by atoms with Crippen LogP contribution in [0.2, 0.25) is 0 Å². The summed E-state index contributed by atoms with van der Waals surface area (Å²) in [4.78, 5) is 42.8. The van der Waals surface area contributed by atoms with Gasteiger partial charge in [-0.2, -0.15) is 0 Å². The summed E-state index contributed by atoms with van der Waals surface area (Å²) in [6.07, 6.45) is 48.0. The first-order valence-electron chi connectivity index (χ1n) is 20.6. The van der Waals surface area contributed by atoms with Crippen molar-refractivity contribution in [1.29, 1.82) is 0 Å². The summed E-state index contributed by atoms with van der Waals surface area (Å²) in [6.45, 7) is 3.59. The van der Waals surface area contributed by atoms with Gasteiger partial charge in [0.15, 0.2) is 6.10 Å². The number of phosphoric acid groups is 1. The molecule has 0 unspecified atom stereocenters. The number of hydrogen-bond donors (Lipinski definition) is 2. The van der Waals surface area contributed by atoms with Crippen molar-refractivity contribution in [3.05, 3.63) is 60.8 Å². The Bertz CT molecular complexity index is 1030. The lowest BCUT2D eigenvalue weighted by atomic mass is 10.1. The van der Waals surface area contributed by atoms with Gasteiger partial charge in [-0.3, -0.25) is 14.1 Å². The van der Waals surface area contributed by atoms with Gasteiger partial charge in [0.05, 0.1) is 6.61 Å². The summed E-state index contributed by atoms with van der Waals surface area (Å²) in [5.41, 5.74) is 0. The molecule has 0 rings (SSSR count). The van der Waals surface area contributed by atoms with E-state index in [1.54, 1.807) is 0 Å². The summed E-state index contributed by atoms with van der Waals surface area (Å²) >= 11 is 0. The summed E-state index contributed by atoms with van der Waals surface area (Å²) in [5.74, 6) is -0.955. The molecule has 0 aliphatic carbocycles. The number of rotatable bonds is 37. The molecule has 9 heteroatoms. The molecular weight excluding hydrogens is 675 g/mol. The monoisotopic (exact) mass is 751 g/mol. The lowest BCUT2D eigenvalue weighted by Gasteiger charge is -2.18. The van der Waals surface area contributed by atoms with Gasteiger partial charge in [-0.25, -0.2) is 4.57 Å². The van der Waals surface area contributed by atoms with E-state index < -0.39 is 32.5 Å². The number of unbranched alkanes of at least 4 members (excludes halogenated alkanes) is 17. The van der Waals surface area contributed by atoms with E-state index >= 15 is 0 Å². The lowest BCUT2D eigenvalue weighted by Crippen LogP contribution is -2.29. The highest BCUT2D eigenvalue weighted by molar-refractivity contribution is 7.46. The molecule has 0 aromatic carbocycles. The Labute approximate surface area is 317 Å². The molecule has 0 radical (unpaired) electrons. The van der Waals surface area contributed by atoms with Gasteiger partial charge < -0.3 is 19.3 Å². The Morgan fingerprint density at radius 1 is 0.500 bits per heavy atom. The Morgan fingerprint density at radius 3 is 1.40 bits per heavy atom. The van der Waals surface area contributed by atoms with Gasteiger partial charge in [0.2, 0.25) is 0 Å². The van der Waals surface area contributed by atoms with Gasteiger partial charge >= 0.3 is 19.8 Å². The van der Waals surface area contributed by atoms with Crippen molar-refractivity contribution in [2.45, 2.75) is 187 Å². The fourth-order valence-corrected chi connectivity index (χ4v) is 5.78. The topological polar surface area (TPSA) is 119 Å². The predicted octanol–water partition coefficient (Wildman–Crippen LogP) is 12.5. The van der Waals surface area contributed by atoms with E-state index in [4.69, 9.17) is 19.3 Å². The zero-order chi connectivity index (χ0) is 38.2. The molecule has 0 spiro atoms. The minimum atomic E-state index is -4.77. The zero-order valence-corrected chi connectivity index (χ0v) is 33.8. The first kappa shape index (κ1) is 49.8. The smallest absolute Gasteiger partial charge is 0.462 e. The molecule has 0 aromatic heterocycles. The number of phosphoric ester groups is 1. The normalized spacial score (nSPS) is 13.1. The van der Waals surface area contributed by atoms with E-state index in [2.05, 4.69) is 73.1 Å². The lowest BCUT2D eigenvalue weighted by molar-refractivity contribution is -0.161. The first-order chi connectivity index (χ1) is 25.3. The average molecular weight is 751 g/mol. The molecular formula is C43H75O8P. The Kier molecular flexibility index (Phi) is 36.8. The largest absolute Gasteiger partial charge is 0.469 e.